The van der Waals surface area contributed by atoms with Gasteiger partial charge in [-0.05, 0) is 36.8 Å². The minimum absolute atomic E-state index is 0.184. The predicted octanol–water partition coefficient (Wildman–Crippen LogP) is 6.20. The summed E-state index contributed by atoms with van der Waals surface area (Å²) in [6.07, 6.45) is 0. The van der Waals surface area contributed by atoms with Crippen molar-refractivity contribution < 1.29 is 9.53 Å². The summed E-state index contributed by atoms with van der Waals surface area (Å²) in [4.78, 5) is 19.9. The third-order valence-corrected chi connectivity index (χ3v) is 5.81. The van der Waals surface area contributed by atoms with Gasteiger partial charge in [-0.15, -0.1) is 0 Å². The molecule has 4 aromatic rings. The minimum Gasteiger partial charge on any atom is -0.492 e. The van der Waals surface area contributed by atoms with Crippen molar-refractivity contribution in [1.82, 2.24) is 4.98 Å². The van der Waals surface area contributed by atoms with Crippen molar-refractivity contribution in [1.29, 1.82) is 0 Å². The molecule has 1 aromatic heterocycles. The largest absolute Gasteiger partial charge is 0.492 e. The van der Waals surface area contributed by atoms with Crippen LogP contribution in [0.1, 0.15) is 22.8 Å². The summed E-state index contributed by atoms with van der Waals surface area (Å²) in [5.41, 5.74) is 2.23. The van der Waals surface area contributed by atoms with Crippen molar-refractivity contribution >= 4 is 44.2 Å². The predicted molar refractivity (Wildman–Crippen MR) is 119 cm³/mol. The maximum Gasteiger partial charge on any atom is 0.261 e. The zero-order chi connectivity index (χ0) is 20.2. The molecule has 4 rings (SSSR count). The Kier molecular flexibility index (Phi) is 5.79. The summed E-state index contributed by atoms with van der Waals surface area (Å²) < 4.78 is 6.68. The van der Waals surface area contributed by atoms with Gasteiger partial charge in [0.15, 0.2) is 5.13 Å². The smallest absolute Gasteiger partial charge is 0.261 e. The van der Waals surface area contributed by atoms with Crippen LogP contribution in [0.4, 0.5) is 5.13 Å². The van der Waals surface area contributed by atoms with Crippen LogP contribution in [0.15, 0.2) is 72.8 Å². The normalized spacial score (nSPS) is 10.8. The molecule has 4 nitrogen and oxygen atoms in total. The number of ether oxygens (including phenoxy) is 1. The zero-order valence-corrected chi connectivity index (χ0v) is 17.4. The molecule has 0 fully saturated rings. The van der Waals surface area contributed by atoms with Crippen LogP contribution in [0.3, 0.4) is 0 Å². The molecule has 0 aliphatic carbocycles. The number of benzene rings is 3. The van der Waals surface area contributed by atoms with E-state index in [1.54, 1.807) is 17.0 Å². The molecule has 0 aliphatic heterocycles. The Balaban J connectivity index is 1.80. The van der Waals surface area contributed by atoms with Gasteiger partial charge in [0, 0.05) is 0 Å². The first-order valence-corrected chi connectivity index (χ1v) is 10.5. The van der Waals surface area contributed by atoms with Gasteiger partial charge in [0.05, 0.1) is 28.4 Å². The molecule has 0 unspecified atom stereocenters. The number of aromatic nitrogens is 1. The number of carbonyl (C=O) groups excluding carboxylic acids is 1. The Hall–Kier alpha value is -2.89. The fourth-order valence-corrected chi connectivity index (χ4v) is 4.27. The van der Waals surface area contributed by atoms with Gasteiger partial charge in [-0.3, -0.25) is 9.69 Å². The van der Waals surface area contributed by atoms with Crippen molar-refractivity contribution in [2.75, 3.05) is 11.5 Å². The van der Waals surface area contributed by atoms with E-state index in [-0.39, 0.29) is 5.91 Å². The third-order valence-electron chi connectivity index (χ3n) is 4.43. The van der Waals surface area contributed by atoms with Crippen LogP contribution in [0, 0.1) is 0 Å². The Morgan fingerprint density at radius 3 is 2.55 bits per heavy atom. The van der Waals surface area contributed by atoms with Crippen molar-refractivity contribution in [3.8, 4) is 5.75 Å². The summed E-state index contributed by atoms with van der Waals surface area (Å²) in [6, 6.07) is 22.8. The fraction of sp³-hybridized carbons (Fsp3) is 0.130. The van der Waals surface area contributed by atoms with Crippen molar-refractivity contribution in [3.63, 3.8) is 0 Å². The van der Waals surface area contributed by atoms with Crippen LogP contribution in [-0.4, -0.2) is 17.5 Å². The highest BCUT2D eigenvalue weighted by atomic mass is 35.5. The second kappa shape index (κ2) is 8.64. The van der Waals surface area contributed by atoms with Gasteiger partial charge in [-0.2, -0.15) is 0 Å². The monoisotopic (exact) mass is 422 g/mol. The van der Waals surface area contributed by atoms with Crippen LogP contribution < -0.4 is 9.64 Å². The average molecular weight is 423 g/mol. The third kappa shape index (κ3) is 4.11. The fourth-order valence-electron chi connectivity index (χ4n) is 3.07. The molecule has 0 spiro atoms. The number of hydrogen-bond donors (Lipinski definition) is 0. The van der Waals surface area contributed by atoms with E-state index < -0.39 is 0 Å². The molecule has 0 bridgehead atoms. The molecule has 0 atom stereocenters. The quantitative estimate of drug-likeness (QED) is 0.371. The second-order valence-corrected chi connectivity index (χ2v) is 7.81. The summed E-state index contributed by atoms with van der Waals surface area (Å²) in [5.74, 6) is 0.536. The number of fused-ring (bicyclic) bond motifs is 1. The van der Waals surface area contributed by atoms with E-state index in [4.69, 9.17) is 21.3 Å². The highest BCUT2D eigenvalue weighted by Crippen LogP contribution is 2.35. The molecule has 0 N–H and O–H groups in total. The standard InChI is InChI=1S/C23H19ClN2O2S/c1-2-28-19-13-8-14-20-21(19)25-23(29-20)26(15-16-9-4-3-5-10-16)22(27)17-11-6-7-12-18(17)24/h3-14H,2,15H2,1H3. The zero-order valence-electron chi connectivity index (χ0n) is 15.8. The van der Waals surface area contributed by atoms with E-state index >= 15 is 0 Å². The van der Waals surface area contributed by atoms with Crippen LogP contribution >= 0.6 is 22.9 Å². The van der Waals surface area contributed by atoms with Gasteiger partial charge in [0.2, 0.25) is 0 Å². The molecule has 0 saturated heterocycles. The first-order valence-electron chi connectivity index (χ1n) is 9.30. The van der Waals surface area contributed by atoms with Gasteiger partial charge in [-0.25, -0.2) is 4.98 Å². The lowest BCUT2D eigenvalue weighted by atomic mass is 10.1. The van der Waals surface area contributed by atoms with Crippen LogP contribution in [0.25, 0.3) is 10.2 Å². The van der Waals surface area contributed by atoms with E-state index in [2.05, 4.69) is 0 Å². The highest BCUT2D eigenvalue weighted by molar-refractivity contribution is 7.22. The van der Waals surface area contributed by atoms with Gasteiger partial charge in [-0.1, -0.05) is 71.5 Å². The molecule has 0 aliphatic rings. The molecule has 3 aromatic carbocycles. The maximum atomic E-state index is 13.4. The van der Waals surface area contributed by atoms with E-state index in [1.807, 2.05) is 67.6 Å². The highest BCUT2D eigenvalue weighted by Gasteiger charge is 2.24. The number of nitrogens with zero attached hydrogens (tertiary/aromatic N) is 2. The molecular formula is C23H19ClN2O2S. The van der Waals surface area contributed by atoms with E-state index in [0.717, 1.165) is 21.5 Å². The van der Waals surface area contributed by atoms with E-state index in [9.17, 15) is 4.79 Å². The lowest BCUT2D eigenvalue weighted by Gasteiger charge is -2.20. The summed E-state index contributed by atoms with van der Waals surface area (Å²) in [7, 11) is 0. The Morgan fingerprint density at radius 1 is 1.03 bits per heavy atom. The van der Waals surface area contributed by atoms with E-state index in [0.29, 0.717) is 28.9 Å². The number of anilines is 1. The first-order chi connectivity index (χ1) is 14.2. The average Bonchev–Trinajstić information content (AvgIpc) is 3.18. The van der Waals surface area contributed by atoms with Gasteiger partial charge in [0.1, 0.15) is 11.3 Å². The molecule has 0 saturated carbocycles. The molecule has 1 heterocycles. The van der Waals surface area contributed by atoms with Crippen molar-refractivity contribution in [3.05, 3.63) is 88.9 Å². The number of carbonyl (C=O) groups is 1. The number of halogens is 1. The van der Waals surface area contributed by atoms with Crippen LogP contribution in [0.2, 0.25) is 5.02 Å². The molecule has 29 heavy (non-hydrogen) atoms. The number of rotatable bonds is 6. The Morgan fingerprint density at radius 2 is 1.79 bits per heavy atom. The SMILES string of the molecule is CCOc1cccc2sc(N(Cc3ccccc3)C(=O)c3ccccc3Cl)nc12. The maximum absolute atomic E-state index is 13.4. The van der Waals surface area contributed by atoms with Crippen LogP contribution in [0.5, 0.6) is 5.75 Å². The summed E-state index contributed by atoms with van der Waals surface area (Å²) in [6.45, 7) is 2.89. The minimum atomic E-state index is -0.184. The number of hydrogen-bond acceptors (Lipinski definition) is 4. The lowest BCUT2D eigenvalue weighted by Crippen LogP contribution is -2.30. The van der Waals surface area contributed by atoms with Crippen molar-refractivity contribution in [2.45, 2.75) is 13.5 Å². The number of para-hydroxylation sites is 1. The van der Waals surface area contributed by atoms with Gasteiger partial charge >= 0.3 is 0 Å². The number of amides is 1. The van der Waals surface area contributed by atoms with Gasteiger partial charge < -0.3 is 4.74 Å². The van der Waals surface area contributed by atoms with Crippen molar-refractivity contribution in [2.24, 2.45) is 0 Å². The molecule has 6 heteroatoms. The lowest BCUT2D eigenvalue weighted by molar-refractivity contribution is 0.0985. The topological polar surface area (TPSA) is 42.4 Å². The molecule has 0 radical (unpaired) electrons. The van der Waals surface area contributed by atoms with Gasteiger partial charge in [0.25, 0.3) is 5.91 Å². The Labute approximate surface area is 178 Å². The van der Waals surface area contributed by atoms with Crippen LogP contribution in [-0.2, 0) is 6.54 Å². The summed E-state index contributed by atoms with van der Waals surface area (Å²) in [5, 5.41) is 1.03. The Bertz CT molecular complexity index is 1140. The van der Waals surface area contributed by atoms with E-state index in [1.165, 1.54) is 11.3 Å². The second-order valence-electron chi connectivity index (χ2n) is 6.39. The summed E-state index contributed by atoms with van der Waals surface area (Å²) >= 11 is 7.78. The number of thiazole rings is 1. The first kappa shape index (κ1) is 19.4. The molecule has 1 amide bonds. The molecule has 146 valence electrons. The molecular weight excluding hydrogens is 404 g/mol.